The Labute approximate surface area is 76.2 Å². The predicted octanol–water partition coefficient (Wildman–Crippen LogP) is 1.05. The maximum Gasteiger partial charge on any atom is 0.287 e. The van der Waals surface area contributed by atoms with Gasteiger partial charge in [-0.25, -0.2) is 0 Å². The van der Waals surface area contributed by atoms with Gasteiger partial charge in [-0.05, 0) is 19.7 Å². The van der Waals surface area contributed by atoms with Crippen LogP contribution >= 0.6 is 0 Å². The summed E-state index contributed by atoms with van der Waals surface area (Å²) in [7, 11) is 3.80. The number of pyridine rings is 1. The Hall–Kier alpha value is -1.49. The second-order valence-electron chi connectivity index (χ2n) is 3.05. The van der Waals surface area contributed by atoms with Crippen LogP contribution in [-0.4, -0.2) is 28.9 Å². The van der Waals surface area contributed by atoms with Crippen LogP contribution in [0.15, 0.2) is 18.5 Å². The first-order chi connectivity index (χ1) is 6.09. The van der Waals surface area contributed by atoms with E-state index in [1.54, 1.807) is 6.20 Å². The summed E-state index contributed by atoms with van der Waals surface area (Å²) in [6.45, 7) is 0.661. The highest BCUT2D eigenvalue weighted by Crippen LogP contribution is 2.11. The average Bonchev–Trinajstić information content (AvgIpc) is 2.03. The highest BCUT2D eigenvalue weighted by molar-refractivity contribution is 5.29. The zero-order valence-corrected chi connectivity index (χ0v) is 7.60. The Balaban J connectivity index is 2.85. The molecular formula is C8H11N3O2. The summed E-state index contributed by atoms with van der Waals surface area (Å²) in [5, 5.41) is 10.4. The van der Waals surface area contributed by atoms with E-state index in [0.29, 0.717) is 6.54 Å². The lowest BCUT2D eigenvalue weighted by Gasteiger charge is -2.07. The molecule has 0 bridgehead atoms. The van der Waals surface area contributed by atoms with Crippen molar-refractivity contribution in [2.45, 2.75) is 6.54 Å². The molecule has 1 heterocycles. The first-order valence-electron chi connectivity index (χ1n) is 3.82. The van der Waals surface area contributed by atoms with Crippen molar-refractivity contribution in [3.05, 3.63) is 34.1 Å². The second kappa shape index (κ2) is 3.95. The molecule has 1 aromatic heterocycles. The number of hydrogen-bond donors (Lipinski definition) is 0. The van der Waals surface area contributed by atoms with Gasteiger partial charge in [-0.2, -0.15) is 0 Å². The highest BCUT2D eigenvalue weighted by atomic mass is 16.6. The van der Waals surface area contributed by atoms with Crippen LogP contribution in [0.25, 0.3) is 0 Å². The molecule has 0 aromatic carbocycles. The van der Waals surface area contributed by atoms with E-state index in [0.717, 1.165) is 5.56 Å². The molecule has 0 spiro atoms. The minimum Gasteiger partial charge on any atom is -0.305 e. The zero-order valence-electron chi connectivity index (χ0n) is 7.60. The molecule has 5 nitrogen and oxygen atoms in total. The van der Waals surface area contributed by atoms with Crippen LogP contribution in [0.3, 0.4) is 0 Å². The summed E-state index contributed by atoms with van der Waals surface area (Å²) in [6, 6.07) is 1.53. The van der Waals surface area contributed by atoms with Crippen molar-refractivity contribution in [1.82, 2.24) is 9.88 Å². The molecule has 13 heavy (non-hydrogen) atoms. The number of rotatable bonds is 3. The summed E-state index contributed by atoms with van der Waals surface area (Å²) < 4.78 is 0. The second-order valence-corrected chi connectivity index (χ2v) is 3.05. The maximum absolute atomic E-state index is 10.4. The Morgan fingerprint density at radius 1 is 1.54 bits per heavy atom. The molecule has 0 amide bonds. The maximum atomic E-state index is 10.4. The van der Waals surface area contributed by atoms with Crippen molar-refractivity contribution in [2.75, 3.05) is 14.1 Å². The van der Waals surface area contributed by atoms with Crippen LogP contribution in [0.4, 0.5) is 5.69 Å². The number of nitrogens with zero attached hydrogens (tertiary/aromatic N) is 3. The van der Waals surface area contributed by atoms with Gasteiger partial charge in [0.15, 0.2) is 0 Å². The van der Waals surface area contributed by atoms with Crippen molar-refractivity contribution < 1.29 is 4.92 Å². The Morgan fingerprint density at radius 3 is 2.77 bits per heavy atom. The first-order valence-corrected chi connectivity index (χ1v) is 3.82. The Kier molecular flexibility index (Phi) is 2.92. The Bertz CT molecular complexity index is 312. The fraction of sp³-hybridized carbons (Fsp3) is 0.375. The fourth-order valence-electron chi connectivity index (χ4n) is 1.03. The van der Waals surface area contributed by atoms with Crippen LogP contribution in [-0.2, 0) is 6.54 Å². The van der Waals surface area contributed by atoms with Gasteiger partial charge in [0.25, 0.3) is 5.69 Å². The average molecular weight is 181 g/mol. The molecule has 5 heteroatoms. The summed E-state index contributed by atoms with van der Waals surface area (Å²) in [5.41, 5.74) is 0.888. The molecule has 0 aliphatic rings. The lowest BCUT2D eigenvalue weighted by Crippen LogP contribution is -2.10. The van der Waals surface area contributed by atoms with Gasteiger partial charge in [-0.1, -0.05) is 0 Å². The molecule has 0 fully saturated rings. The quantitative estimate of drug-likeness (QED) is 0.516. The summed E-state index contributed by atoms with van der Waals surface area (Å²) >= 11 is 0. The largest absolute Gasteiger partial charge is 0.305 e. The van der Waals surface area contributed by atoms with E-state index in [2.05, 4.69) is 4.98 Å². The van der Waals surface area contributed by atoms with Crippen LogP contribution < -0.4 is 0 Å². The topological polar surface area (TPSA) is 59.3 Å². The molecule has 1 aromatic rings. The van der Waals surface area contributed by atoms with E-state index < -0.39 is 4.92 Å². The molecule has 0 saturated heterocycles. The third-order valence-electron chi connectivity index (χ3n) is 1.49. The monoisotopic (exact) mass is 181 g/mol. The van der Waals surface area contributed by atoms with Gasteiger partial charge in [0, 0.05) is 18.8 Å². The lowest BCUT2D eigenvalue weighted by molar-refractivity contribution is -0.385. The van der Waals surface area contributed by atoms with Gasteiger partial charge >= 0.3 is 0 Å². The van der Waals surface area contributed by atoms with Gasteiger partial charge < -0.3 is 4.90 Å². The van der Waals surface area contributed by atoms with Crippen LogP contribution in [0.1, 0.15) is 5.56 Å². The van der Waals surface area contributed by atoms with Gasteiger partial charge in [0.05, 0.1) is 4.92 Å². The Morgan fingerprint density at radius 2 is 2.23 bits per heavy atom. The van der Waals surface area contributed by atoms with Crippen LogP contribution in [0, 0.1) is 10.1 Å². The molecule has 0 aliphatic carbocycles. The van der Waals surface area contributed by atoms with Crippen molar-refractivity contribution in [1.29, 1.82) is 0 Å². The first kappa shape index (κ1) is 9.60. The highest BCUT2D eigenvalue weighted by Gasteiger charge is 2.06. The van der Waals surface area contributed by atoms with E-state index in [9.17, 15) is 10.1 Å². The van der Waals surface area contributed by atoms with E-state index in [1.807, 2.05) is 19.0 Å². The lowest BCUT2D eigenvalue weighted by atomic mass is 10.2. The third kappa shape index (κ3) is 2.79. The number of aromatic nitrogens is 1. The normalized spacial score (nSPS) is 10.4. The van der Waals surface area contributed by atoms with E-state index in [-0.39, 0.29) is 5.69 Å². The van der Waals surface area contributed by atoms with Crippen LogP contribution in [0.5, 0.6) is 0 Å². The third-order valence-corrected chi connectivity index (χ3v) is 1.49. The van der Waals surface area contributed by atoms with E-state index in [4.69, 9.17) is 0 Å². The number of hydrogen-bond acceptors (Lipinski definition) is 4. The molecular weight excluding hydrogens is 170 g/mol. The minimum absolute atomic E-state index is 0.0411. The van der Waals surface area contributed by atoms with E-state index >= 15 is 0 Å². The van der Waals surface area contributed by atoms with Crippen molar-refractivity contribution >= 4 is 5.69 Å². The van der Waals surface area contributed by atoms with E-state index in [1.165, 1.54) is 12.3 Å². The van der Waals surface area contributed by atoms with Gasteiger partial charge in [-0.3, -0.25) is 15.1 Å². The molecule has 0 aliphatic heterocycles. The molecule has 0 N–H and O–H groups in total. The fourth-order valence-corrected chi connectivity index (χ4v) is 1.03. The summed E-state index contributed by atoms with van der Waals surface area (Å²) in [5.74, 6) is 0. The number of nitro groups is 1. The minimum atomic E-state index is -0.438. The smallest absolute Gasteiger partial charge is 0.287 e. The molecule has 0 atom stereocenters. The molecule has 70 valence electrons. The van der Waals surface area contributed by atoms with Crippen molar-refractivity contribution in [3.8, 4) is 0 Å². The van der Waals surface area contributed by atoms with Gasteiger partial charge in [0.1, 0.15) is 6.20 Å². The molecule has 1 rings (SSSR count). The van der Waals surface area contributed by atoms with Crippen LogP contribution in [0.2, 0.25) is 0 Å². The molecule has 0 saturated carbocycles. The van der Waals surface area contributed by atoms with Crippen molar-refractivity contribution in [3.63, 3.8) is 0 Å². The molecule has 0 radical (unpaired) electrons. The SMILES string of the molecule is CN(C)Cc1cncc([N+](=O)[O-])c1. The zero-order chi connectivity index (χ0) is 9.84. The van der Waals surface area contributed by atoms with Gasteiger partial charge in [0.2, 0.25) is 0 Å². The summed E-state index contributed by atoms with van der Waals surface area (Å²) in [6.07, 6.45) is 2.88. The summed E-state index contributed by atoms with van der Waals surface area (Å²) in [4.78, 5) is 15.7. The standard InChI is InChI=1S/C8H11N3O2/c1-10(2)6-7-3-8(11(12)13)5-9-4-7/h3-5H,6H2,1-2H3. The molecule has 0 unspecified atom stereocenters. The predicted molar refractivity (Wildman–Crippen MR) is 48.3 cm³/mol. The van der Waals surface area contributed by atoms with Gasteiger partial charge in [-0.15, -0.1) is 0 Å². The van der Waals surface area contributed by atoms with Crippen molar-refractivity contribution in [2.24, 2.45) is 0 Å².